The monoisotopic (exact) mass is 499 g/mol. The van der Waals surface area contributed by atoms with Crippen molar-refractivity contribution < 1.29 is 18.0 Å². The number of carbonyl (C=O) groups is 1. The van der Waals surface area contributed by atoms with Crippen LogP contribution in [0, 0.1) is 6.92 Å². The molecule has 7 nitrogen and oxygen atoms in total. The van der Waals surface area contributed by atoms with Crippen molar-refractivity contribution in [2.24, 2.45) is 0 Å². The third-order valence-corrected chi connectivity index (χ3v) is 6.22. The summed E-state index contributed by atoms with van der Waals surface area (Å²) in [5, 5.41) is 10.3. The smallest absolute Gasteiger partial charge is 0.336 e. The lowest BCUT2D eigenvalue weighted by molar-refractivity contribution is -0.137. The van der Waals surface area contributed by atoms with Crippen LogP contribution < -0.4 is 16.2 Å². The van der Waals surface area contributed by atoms with Crippen LogP contribution in [0.15, 0.2) is 71.5 Å². The van der Waals surface area contributed by atoms with Crippen LogP contribution in [-0.2, 0) is 12.7 Å². The van der Waals surface area contributed by atoms with Gasteiger partial charge in [-0.3, -0.25) is 4.79 Å². The maximum atomic E-state index is 12.6. The van der Waals surface area contributed by atoms with Gasteiger partial charge in [-0.25, -0.2) is 14.5 Å². The van der Waals surface area contributed by atoms with Gasteiger partial charge in [0, 0.05) is 23.9 Å². The van der Waals surface area contributed by atoms with Crippen LogP contribution >= 0.6 is 11.3 Å². The molecule has 35 heavy (non-hydrogen) atoms. The molecule has 2 amide bonds. The Morgan fingerprint density at radius 2 is 1.74 bits per heavy atom. The number of anilines is 1. The van der Waals surface area contributed by atoms with E-state index in [9.17, 15) is 22.8 Å². The van der Waals surface area contributed by atoms with Gasteiger partial charge in [0.25, 0.3) is 5.56 Å². The number of halogens is 3. The highest BCUT2D eigenvalue weighted by Gasteiger charge is 2.30. The number of rotatable bonds is 6. The molecule has 0 aliphatic carbocycles. The van der Waals surface area contributed by atoms with Crippen molar-refractivity contribution in [3.63, 3.8) is 0 Å². The zero-order valence-electron chi connectivity index (χ0n) is 18.5. The zero-order chi connectivity index (χ0) is 25.0. The fourth-order valence-corrected chi connectivity index (χ4v) is 4.30. The Bertz CT molecular complexity index is 1380. The minimum absolute atomic E-state index is 0.0831. The third-order valence-electron chi connectivity index (χ3n) is 5.00. The molecule has 0 aliphatic rings. The van der Waals surface area contributed by atoms with E-state index in [1.165, 1.54) is 34.2 Å². The van der Waals surface area contributed by atoms with E-state index in [2.05, 4.69) is 20.7 Å². The van der Waals surface area contributed by atoms with Gasteiger partial charge in [0.15, 0.2) is 0 Å². The lowest BCUT2D eigenvalue weighted by Crippen LogP contribution is -2.34. The van der Waals surface area contributed by atoms with Gasteiger partial charge in [0.05, 0.1) is 22.7 Å². The van der Waals surface area contributed by atoms with Crippen molar-refractivity contribution >= 4 is 23.1 Å². The van der Waals surface area contributed by atoms with E-state index < -0.39 is 17.8 Å². The Morgan fingerprint density at radius 1 is 1.03 bits per heavy atom. The van der Waals surface area contributed by atoms with Gasteiger partial charge in [-0.2, -0.15) is 18.3 Å². The summed E-state index contributed by atoms with van der Waals surface area (Å²) < 4.78 is 39.2. The van der Waals surface area contributed by atoms with Crippen molar-refractivity contribution in [1.29, 1.82) is 0 Å². The molecule has 0 atom stereocenters. The molecule has 2 N–H and O–H groups in total. The fourth-order valence-electron chi connectivity index (χ4n) is 3.26. The number of urea groups is 1. The average molecular weight is 500 g/mol. The molecule has 4 aromatic rings. The summed E-state index contributed by atoms with van der Waals surface area (Å²) in [6.45, 7) is 2.07. The highest BCUT2D eigenvalue weighted by Crippen LogP contribution is 2.33. The predicted octanol–water partition coefficient (Wildman–Crippen LogP) is 5.18. The average Bonchev–Trinajstić information content (AvgIpc) is 3.22. The van der Waals surface area contributed by atoms with E-state index in [1.807, 2.05) is 37.3 Å². The largest absolute Gasteiger partial charge is 0.416 e. The fraction of sp³-hybridized carbons (Fsp3) is 0.167. The van der Waals surface area contributed by atoms with E-state index in [0.29, 0.717) is 5.69 Å². The van der Waals surface area contributed by atoms with Crippen LogP contribution in [0.5, 0.6) is 0 Å². The molecular formula is C24H20F3N5O2S. The Labute approximate surface area is 202 Å². The Kier molecular flexibility index (Phi) is 6.97. The summed E-state index contributed by atoms with van der Waals surface area (Å²) in [6, 6.07) is 16.3. The first-order valence-electron chi connectivity index (χ1n) is 10.5. The topological polar surface area (TPSA) is 88.9 Å². The quantitative estimate of drug-likeness (QED) is 0.383. The molecule has 4 rings (SSSR count). The molecule has 2 aromatic carbocycles. The van der Waals surface area contributed by atoms with Crippen molar-refractivity contribution in [3.05, 3.63) is 88.3 Å². The first kappa shape index (κ1) is 24.1. The van der Waals surface area contributed by atoms with Gasteiger partial charge in [0.2, 0.25) is 0 Å². The lowest BCUT2D eigenvalue weighted by atomic mass is 10.2. The summed E-state index contributed by atoms with van der Waals surface area (Å²) in [5.41, 5.74) is 1.45. The highest BCUT2D eigenvalue weighted by molar-refractivity contribution is 7.18. The number of aromatic nitrogens is 3. The first-order valence-corrected chi connectivity index (χ1v) is 11.4. The molecular weight excluding hydrogens is 479 g/mol. The molecule has 2 aromatic heterocycles. The van der Waals surface area contributed by atoms with E-state index in [4.69, 9.17) is 0 Å². The van der Waals surface area contributed by atoms with Crippen molar-refractivity contribution in [1.82, 2.24) is 20.1 Å². The van der Waals surface area contributed by atoms with E-state index >= 15 is 0 Å². The first-order chi connectivity index (χ1) is 16.7. The number of hydrogen-bond donors (Lipinski definition) is 2. The summed E-state index contributed by atoms with van der Waals surface area (Å²) >= 11 is 1.47. The zero-order valence-corrected chi connectivity index (χ0v) is 19.3. The standard InChI is InChI=1S/C24H20F3N5O2S/c1-15-21(35-22(29-15)16-5-3-2-4-6-16)19-11-12-20(33)32(31-19)14-13-28-23(34)30-18-9-7-17(8-10-18)24(25,26)27/h2-12H,13-14H2,1H3,(H2,28,30,34). The van der Waals surface area contributed by atoms with Crippen LogP contribution in [0.1, 0.15) is 11.3 Å². The number of benzene rings is 2. The second kappa shape index (κ2) is 10.1. The number of thiazole rings is 1. The molecule has 11 heteroatoms. The van der Waals surface area contributed by atoms with Gasteiger partial charge in [0.1, 0.15) is 10.7 Å². The molecule has 0 saturated carbocycles. The molecule has 0 unspecified atom stereocenters. The van der Waals surface area contributed by atoms with Crippen LogP contribution in [0.2, 0.25) is 0 Å². The summed E-state index contributed by atoms with van der Waals surface area (Å²) in [5.74, 6) is 0. The minimum Gasteiger partial charge on any atom is -0.336 e. The molecule has 0 aliphatic heterocycles. The summed E-state index contributed by atoms with van der Waals surface area (Å²) in [6.07, 6.45) is -4.45. The van der Waals surface area contributed by atoms with E-state index in [1.54, 1.807) is 6.07 Å². The number of carbonyl (C=O) groups excluding carboxylic acids is 1. The Morgan fingerprint density at radius 3 is 2.43 bits per heavy atom. The Balaban J connectivity index is 1.39. The van der Waals surface area contributed by atoms with Crippen molar-refractivity contribution in [3.8, 4) is 21.1 Å². The van der Waals surface area contributed by atoms with Crippen LogP contribution in [0.3, 0.4) is 0 Å². The number of aryl methyl sites for hydroxylation is 1. The van der Waals surface area contributed by atoms with E-state index in [0.717, 1.165) is 33.3 Å². The highest BCUT2D eigenvalue weighted by atomic mass is 32.1. The van der Waals surface area contributed by atoms with Crippen LogP contribution in [-0.4, -0.2) is 27.3 Å². The molecule has 0 radical (unpaired) electrons. The molecule has 0 fully saturated rings. The summed E-state index contributed by atoms with van der Waals surface area (Å²) in [7, 11) is 0. The second-order valence-electron chi connectivity index (χ2n) is 7.54. The number of nitrogens with zero attached hydrogens (tertiary/aromatic N) is 3. The second-order valence-corrected chi connectivity index (χ2v) is 8.53. The normalized spacial score (nSPS) is 11.3. The number of nitrogens with one attached hydrogen (secondary N) is 2. The van der Waals surface area contributed by atoms with Gasteiger partial charge < -0.3 is 10.6 Å². The minimum atomic E-state index is -4.45. The SMILES string of the molecule is Cc1nc(-c2ccccc2)sc1-c1ccc(=O)n(CCNC(=O)Nc2ccc(C(F)(F)F)cc2)n1. The summed E-state index contributed by atoms with van der Waals surface area (Å²) in [4.78, 5) is 29.8. The molecule has 2 heterocycles. The van der Waals surface area contributed by atoms with Crippen molar-refractivity contribution in [2.75, 3.05) is 11.9 Å². The lowest BCUT2D eigenvalue weighted by Gasteiger charge is -2.10. The van der Waals surface area contributed by atoms with Crippen LogP contribution in [0.4, 0.5) is 23.7 Å². The third kappa shape index (κ3) is 5.93. The molecule has 0 saturated heterocycles. The number of amides is 2. The number of hydrogen-bond acceptors (Lipinski definition) is 5. The van der Waals surface area contributed by atoms with E-state index in [-0.39, 0.29) is 24.3 Å². The maximum absolute atomic E-state index is 12.6. The molecule has 180 valence electrons. The Hall–Kier alpha value is -3.99. The van der Waals surface area contributed by atoms with Gasteiger partial charge >= 0.3 is 12.2 Å². The van der Waals surface area contributed by atoms with Crippen LogP contribution in [0.25, 0.3) is 21.1 Å². The maximum Gasteiger partial charge on any atom is 0.416 e. The van der Waals surface area contributed by atoms with Gasteiger partial charge in [-0.1, -0.05) is 30.3 Å². The predicted molar refractivity (Wildman–Crippen MR) is 128 cm³/mol. The molecule has 0 spiro atoms. The molecule has 0 bridgehead atoms. The van der Waals surface area contributed by atoms with Crippen molar-refractivity contribution in [2.45, 2.75) is 19.6 Å². The van der Waals surface area contributed by atoms with Gasteiger partial charge in [-0.15, -0.1) is 11.3 Å². The number of alkyl halides is 3. The van der Waals surface area contributed by atoms with Gasteiger partial charge in [-0.05, 0) is 37.3 Å².